The minimum atomic E-state index is 0. The van der Waals surface area contributed by atoms with Crippen molar-refractivity contribution in [2.75, 3.05) is 0 Å². The summed E-state index contributed by atoms with van der Waals surface area (Å²) in [6, 6.07) is 8.92. The Bertz CT molecular complexity index is 967. The van der Waals surface area contributed by atoms with Gasteiger partial charge in [0.15, 0.2) is 0 Å². The topological polar surface area (TPSA) is 0 Å². The second-order valence-corrected chi connectivity index (χ2v) is 13.3. The Hall–Kier alpha value is -0.706. The molecule has 0 amide bonds. The molecule has 0 fully saturated rings. The van der Waals surface area contributed by atoms with Crippen molar-refractivity contribution in [2.24, 2.45) is 0 Å². The van der Waals surface area contributed by atoms with Crippen LogP contribution in [0.2, 0.25) is 0 Å². The molecule has 0 aliphatic rings. The molecule has 0 aromatic heterocycles. The monoisotopic (exact) mass is 586 g/mol. The molecule has 5 heteroatoms. The van der Waals surface area contributed by atoms with Gasteiger partial charge in [0, 0.05) is 16.5 Å². The molecular weight excluding hydrogens is 547 g/mol. The first kappa shape index (κ1) is 34.3. The molecule has 0 atom stereocenters. The van der Waals surface area contributed by atoms with Gasteiger partial charge in [-0.3, -0.25) is 0 Å². The summed E-state index contributed by atoms with van der Waals surface area (Å²) in [7, 11) is 0. The minimum Gasteiger partial charge on any atom is -0.785 e. The van der Waals surface area contributed by atoms with Crippen LogP contribution in [0.5, 0.6) is 0 Å². The fourth-order valence-corrected chi connectivity index (χ4v) is 4.71. The second-order valence-electron chi connectivity index (χ2n) is 11.2. The molecule has 0 unspecified atom stereocenters. The number of hydrogen-bond donors (Lipinski definition) is 0. The van der Waals surface area contributed by atoms with Gasteiger partial charge >= 0.3 is 0 Å². The summed E-state index contributed by atoms with van der Waals surface area (Å²) in [5.41, 5.74) is 10.2. The first-order valence-corrected chi connectivity index (χ1v) is 13.3. The summed E-state index contributed by atoms with van der Waals surface area (Å²) in [5.74, 6) is 0. The summed E-state index contributed by atoms with van der Waals surface area (Å²) in [6.07, 6.45) is 0. The van der Waals surface area contributed by atoms with Crippen molar-refractivity contribution in [3.63, 3.8) is 0 Å². The van der Waals surface area contributed by atoms with Gasteiger partial charge < -0.3 is 50.5 Å². The van der Waals surface area contributed by atoms with Gasteiger partial charge in [0.2, 0.25) is 0 Å². The van der Waals surface area contributed by atoms with Gasteiger partial charge in [-0.15, -0.1) is 0 Å². The third-order valence-electron chi connectivity index (χ3n) is 5.89. The number of aryl methyl sites for hydroxylation is 4. The van der Waals surface area contributed by atoms with E-state index in [0.29, 0.717) is 0 Å². The molecule has 198 valence electrons. The van der Waals surface area contributed by atoms with E-state index in [9.17, 15) is 0 Å². The maximum atomic E-state index is 5.41. The van der Waals surface area contributed by atoms with Crippen LogP contribution in [0.15, 0.2) is 34.1 Å². The SMILES string of the molecule is C/C([S-])=C(/[S-])c1c(C)cc(C(C)(C)C)cc1C.C/C([S-])=C(/[S-])c1c(C)cc(C(C)(C)C)cc1C.[Ni]. The van der Waals surface area contributed by atoms with Crippen LogP contribution >= 0.6 is 0 Å². The molecule has 0 bridgehead atoms. The fraction of sp³-hybridized carbons (Fsp3) is 0.467. The Balaban J connectivity index is 0.000000642. The smallest absolute Gasteiger partial charge is 0 e. The third kappa shape index (κ3) is 9.27. The first-order chi connectivity index (χ1) is 15.3. The second kappa shape index (κ2) is 13.2. The van der Waals surface area contributed by atoms with E-state index < -0.39 is 0 Å². The van der Waals surface area contributed by atoms with Gasteiger partial charge in [-0.1, -0.05) is 79.7 Å². The molecule has 2 aromatic rings. The summed E-state index contributed by atoms with van der Waals surface area (Å²) in [6.45, 7) is 25.6. The summed E-state index contributed by atoms with van der Waals surface area (Å²) in [5, 5.41) is 0. The van der Waals surface area contributed by atoms with Gasteiger partial charge in [0.25, 0.3) is 0 Å². The molecule has 0 saturated carbocycles. The molecule has 0 aliphatic carbocycles. The van der Waals surface area contributed by atoms with E-state index in [2.05, 4.69) is 93.5 Å². The largest absolute Gasteiger partial charge is 0.785 e. The third-order valence-corrected chi connectivity index (χ3v) is 7.58. The van der Waals surface area contributed by atoms with E-state index in [1.807, 2.05) is 13.8 Å². The number of benzene rings is 2. The van der Waals surface area contributed by atoms with E-state index in [-0.39, 0.29) is 27.3 Å². The number of hydrogen-bond acceptors (Lipinski definition) is 4. The molecule has 2 rings (SSSR count). The van der Waals surface area contributed by atoms with Crippen molar-refractivity contribution in [1.82, 2.24) is 0 Å². The Morgan fingerprint density at radius 3 is 0.857 bits per heavy atom. The quantitative estimate of drug-likeness (QED) is 0.254. The predicted molar refractivity (Wildman–Crippen MR) is 164 cm³/mol. The van der Waals surface area contributed by atoms with Crippen molar-refractivity contribution >= 4 is 60.3 Å². The maximum absolute atomic E-state index is 5.41. The number of allylic oxidation sites excluding steroid dienone is 2. The van der Waals surface area contributed by atoms with Crippen molar-refractivity contribution in [1.29, 1.82) is 0 Å². The van der Waals surface area contributed by atoms with Gasteiger partial charge in [0.05, 0.1) is 0 Å². The Kier molecular flexibility index (Phi) is 12.9. The zero-order valence-corrected chi connectivity index (χ0v) is 27.5. The van der Waals surface area contributed by atoms with Gasteiger partial charge in [0.1, 0.15) is 0 Å². The summed E-state index contributed by atoms with van der Waals surface area (Å²) in [4.78, 5) is 3.23. The van der Waals surface area contributed by atoms with Gasteiger partial charge in [-0.2, -0.15) is 9.81 Å². The van der Waals surface area contributed by atoms with E-state index >= 15 is 0 Å². The molecule has 0 nitrogen and oxygen atoms in total. The normalized spacial score (nSPS) is 13.1. The van der Waals surface area contributed by atoms with Crippen LogP contribution in [-0.2, 0) is 77.8 Å². The number of rotatable bonds is 2. The van der Waals surface area contributed by atoms with Crippen molar-refractivity contribution in [2.45, 2.75) is 93.9 Å². The zero-order chi connectivity index (χ0) is 26.8. The minimum absolute atomic E-state index is 0. The molecule has 0 heterocycles. The molecule has 0 saturated heterocycles. The molecule has 0 radical (unpaired) electrons. The van der Waals surface area contributed by atoms with E-state index in [4.69, 9.17) is 50.5 Å². The van der Waals surface area contributed by atoms with Crippen LogP contribution < -0.4 is 0 Å². The molecule has 2 aromatic carbocycles. The van der Waals surface area contributed by atoms with E-state index in [1.165, 1.54) is 33.4 Å². The molecule has 0 aliphatic heterocycles. The van der Waals surface area contributed by atoms with Crippen LogP contribution in [0, 0.1) is 27.7 Å². The average molecular weight is 588 g/mol. The van der Waals surface area contributed by atoms with E-state index in [1.54, 1.807) is 0 Å². The van der Waals surface area contributed by atoms with E-state index in [0.717, 1.165) is 30.7 Å². The van der Waals surface area contributed by atoms with Crippen LogP contribution in [0.1, 0.15) is 99.9 Å². The molecule has 35 heavy (non-hydrogen) atoms. The zero-order valence-electron chi connectivity index (χ0n) is 23.3. The summed E-state index contributed by atoms with van der Waals surface area (Å²) < 4.78 is 0. The average Bonchev–Trinajstić information content (AvgIpc) is 2.65. The van der Waals surface area contributed by atoms with Crippen LogP contribution in [0.3, 0.4) is 0 Å². The fourth-order valence-electron chi connectivity index (χ4n) is 3.86. The van der Waals surface area contributed by atoms with Crippen LogP contribution in [-0.4, -0.2) is 0 Å². The van der Waals surface area contributed by atoms with Crippen LogP contribution in [0.25, 0.3) is 9.81 Å². The first-order valence-electron chi connectivity index (χ1n) is 11.6. The Morgan fingerprint density at radius 2 is 0.714 bits per heavy atom. The molecular formula is C30H40NiS4-4. The molecule has 0 spiro atoms. The van der Waals surface area contributed by atoms with Crippen molar-refractivity contribution in [3.05, 3.63) is 78.6 Å². The standard InChI is InChI=1S/2C15H22S2.Ni/c2*1-9-7-12(15(4,5)6)8-10(2)13(9)14(17)11(3)16;/h2*7-8,16-17H,1-6H3;/p-4/b2*14-11-;. The Morgan fingerprint density at radius 1 is 0.514 bits per heavy atom. The predicted octanol–water partition coefficient (Wildman–Crippen LogP) is 8.76. The van der Waals surface area contributed by atoms with Gasteiger partial charge in [-0.25, -0.2) is 9.81 Å². The van der Waals surface area contributed by atoms with Crippen molar-refractivity contribution < 1.29 is 16.5 Å². The van der Waals surface area contributed by atoms with Gasteiger partial charge in [-0.05, 0) is 83.0 Å². The summed E-state index contributed by atoms with van der Waals surface area (Å²) >= 11 is 21.2. The Labute approximate surface area is 247 Å². The maximum Gasteiger partial charge on any atom is 0 e. The van der Waals surface area contributed by atoms with Crippen LogP contribution in [0.4, 0.5) is 0 Å². The van der Waals surface area contributed by atoms with Crippen molar-refractivity contribution in [3.8, 4) is 0 Å². The molecule has 0 N–H and O–H groups in total.